The van der Waals surface area contributed by atoms with Crippen molar-refractivity contribution in [2.75, 3.05) is 19.6 Å². The van der Waals surface area contributed by atoms with Gasteiger partial charge in [-0.05, 0) is 26.7 Å². The van der Waals surface area contributed by atoms with Crippen molar-refractivity contribution >= 4 is 5.91 Å². The van der Waals surface area contributed by atoms with Crippen molar-refractivity contribution < 1.29 is 4.79 Å². The van der Waals surface area contributed by atoms with Crippen LogP contribution in [0.25, 0.3) is 0 Å². The molecule has 1 rings (SSSR count). The normalized spacial score (nSPS) is 23.7. The molecule has 1 unspecified atom stereocenters. The minimum atomic E-state index is -0.0138. The molecule has 4 heteroatoms. The van der Waals surface area contributed by atoms with E-state index in [4.69, 9.17) is 0 Å². The topological polar surface area (TPSA) is 44.4 Å². The summed E-state index contributed by atoms with van der Waals surface area (Å²) in [6.45, 7) is 11.3. The number of piperazine rings is 1. The molecule has 0 aromatic carbocycles. The maximum Gasteiger partial charge on any atom is 0.237 e. The first-order valence-electron chi connectivity index (χ1n) is 6.86. The van der Waals surface area contributed by atoms with Crippen molar-refractivity contribution in [1.82, 2.24) is 15.5 Å². The quantitative estimate of drug-likeness (QED) is 0.754. The van der Waals surface area contributed by atoms with E-state index in [2.05, 4.69) is 36.3 Å². The van der Waals surface area contributed by atoms with E-state index in [1.54, 1.807) is 0 Å². The average Bonchev–Trinajstić information content (AvgIpc) is 2.34. The van der Waals surface area contributed by atoms with E-state index in [1.807, 2.05) is 6.92 Å². The summed E-state index contributed by atoms with van der Waals surface area (Å²) < 4.78 is 0. The van der Waals surface area contributed by atoms with Gasteiger partial charge in [-0.2, -0.15) is 0 Å². The van der Waals surface area contributed by atoms with E-state index < -0.39 is 0 Å². The highest BCUT2D eigenvalue weighted by molar-refractivity contribution is 5.81. The van der Waals surface area contributed by atoms with Gasteiger partial charge < -0.3 is 10.6 Å². The third-order valence-electron chi connectivity index (χ3n) is 3.66. The fraction of sp³-hybridized carbons (Fsp3) is 0.923. The minimum Gasteiger partial charge on any atom is -0.352 e. The van der Waals surface area contributed by atoms with Gasteiger partial charge in [0.2, 0.25) is 5.91 Å². The molecule has 0 saturated carbocycles. The zero-order chi connectivity index (χ0) is 12.8. The third-order valence-corrected chi connectivity index (χ3v) is 3.66. The van der Waals surface area contributed by atoms with Crippen LogP contribution < -0.4 is 10.6 Å². The second kappa shape index (κ2) is 6.97. The van der Waals surface area contributed by atoms with Crippen LogP contribution in [0.5, 0.6) is 0 Å². The first-order valence-corrected chi connectivity index (χ1v) is 6.86. The average molecular weight is 241 g/mol. The van der Waals surface area contributed by atoms with Crippen molar-refractivity contribution in [3.63, 3.8) is 0 Å². The number of nitrogens with one attached hydrogen (secondary N) is 2. The van der Waals surface area contributed by atoms with Gasteiger partial charge in [0.05, 0.1) is 6.04 Å². The summed E-state index contributed by atoms with van der Waals surface area (Å²) in [7, 11) is 0. The first-order chi connectivity index (χ1) is 8.08. The van der Waals surface area contributed by atoms with Crippen molar-refractivity contribution in [3.05, 3.63) is 0 Å². The molecule has 0 aromatic rings. The number of rotatable bonds is 5. The fourth-order valence-electron chi connectivity index (χ4n) is 2.29. The molecule has 2 atom stereocenters. The molecular formula is C13H27N3O. The molecule has 1 aliphatic rings. The molecule has 17 heavy (non-hydrogen) atoms. The lowest BCUT2D eigenvalue weighted by Gasteiger charge is -2.35. The Balaban J connectivity index is 2.45. The summed E-state index contributed by atoms with van der Waals surface area (Å²) in [6, 6.07) is 0.789. The molecule has 0 radical (unpaired) electrons. The fourth-order valence-corrected chi connectivity index (χ4v) is 2.29. The summed E-state index contributed by atoms with van der Waals surface area (Å²) in [5.41, 5.74) is 0. The van der Waals surface area contributed by atoms with Crippen LogP contribution in [0.15, 0.2) is 0 Å². The van der Waals surface area contributed by atoms with Crippen LogP contribution in [0, 0.1) is 0 Å². The summed E-state index contributed by atoms with van der Waals surface area (Å²) in [5.74, 6) is 0.174. The molecule has 1 amide bonds. The Morgan fingerprint density at radius 3 is 2.65 bits per heavy atom. The van der Waals surface area contributed by atoms with Gasteiger partial charge in [-0.15, -0.1) is 0 Å². The molecule has 0 aromatic heterocycles. The molecule has 0 aliphatic carbocycles. The highest BCUT2D eigenvalue weighted by Crippen LogP contribution is 2.06. The predicted molar refractivity (Wildman–Crippen MR) is 71.0 cm³/mol. The van der Waals surface area contributed by atoms with Gasteiger partial charge in [0.15, 0.2) is 0 Å². The SMILES string of the molecule is CCC(CC)NC(=O)C(C)N1CCN[C@H](C)C1. The molecule has 1 fully saturated rings. The number of nitrogens with zero attached hydrogens (tertiary/aromatic N) is 1. The number of carbonyl (C=O) groups excluding carboxylic acids is 1. The zero-order valence-electron chi connectivity index (χ0n) is 11.6. The summed E-state index contributed by atoms with van der Waals surface area (Å²) in [5, 5.41) is 6.52. The van der Waals surface area contributed by atoms with Gasteiger partial charge in [-0.25, -0.2) is 0 Å². The Labute approximate surface area is 105 Å². The van der Waals surface area contributed by atoms with Gasteiger partial charge >= 0.3 is 0 Å². The van der Waals surface area contributed by atoms with Gasteiger partial charge in [-0.1, -0.05) is 13.8 Å². The molecule has 1 heterocycles. The standard InChI is InChI=1S/C13H27N3O/c1-5-12(6-2)15-13(17)11(4)16-8-7-14-10(3)9-16/h10-12,14H,5-9H2,1-4H3,(H,15,17)/t10-,11?/m1/s1. The summed E-state index contributed by atoms with van der Waals surface area (Å²) in [4.78, 5) is 14.4. The summed E-state index contributed by atoms with van der Waals surface area (Å²) in [6.07, 6.45) is 2.01. The van der Waals surface area contributed by atoms with E-state index in [9.17, 15) is 4.79 Å². The van der Waals surface area contributed by atoms with E-state index in [0.717, 1.165) is 32.5 Å². The predicted octanol–water partition coefficient (Wildman–Crippen LogP) is 0.973. The van der Waals surface area contributed by atoms with Crippen LogP contribution in [-0.2, 0) is 4.79 Å². The molecule has 2 N–H and O–H groups in total. The lowest BCUT2D eigenvalue weighted by Crippen LogP contribution is -2.56. The lowest BCUT2D eigenvalue weighted by atomic mass is 10.1. The van der Waals surface area contributed by atoms with Crippen molar-refractivity contribution in [3.8, 4) is 0 Å². The van der Waals surface area contributed by atoms with Crippen LogP contribution in [0.3, 0.4) is 0 Å². The van der Waals surface area contributed by atoms with Crippen LogP contribution in [0.1, 0.15) is 40.5 Å². The van der Waals surface area contributed by atoms with Gasteiger partial charge in [0.1, 0.15) is 0 Å². The summed E-state index contributed by atoms with van der Waals surface area (Å²) >= 11 is 0. The Morgan fingerprint density at radius 2 is 2.12 bits per heavy atom. The number of carbonyl (C=O) groups is 1. The Bertz CT molecular complexity index is 241. The van der Waals surface area contributed by atoms with E-state index in [0.29, 0.717) is 12.1 Å². The lowest BCUT2D eigenvalue weighted by molar-refractivity contribution is -0.127. The van der Waals surface area contributed by atoms with Crippen molar-refractivity contribution in [1.29, 1.82) is 0 Å². The van der Waals surface area contributed by atoms with Crippen LogP contribution in [0.4, 0.5) is 0 Å². The molecule has 100 valence electrons. The first kappa shape index (κ1) is 14.5. The molecule has 0 spiro atoms. The van der Waals surface area contributed by atoms with E-state index in [1.165, 1.54) is 0 Å². The Morgan fingerprint density at radius 1 is 1.47 bits per heavy atom. The van der Waals surface area contributed by atoms with Crippen LogP contribution >= 0.6 is 0 Å². The minimum absolute atomic E-state index is 0.0138. The number of hydrogen-bond acceptors (Lipinski definition) is 3. The molecule has 1 aliphatic heterocycles. The van der Waals surface area contributed by atoms with Gasteiger partial charge in [0, 0.05) is 31.7 Å². The molecular weight excluding hydrogens is 214 g/mol. The Kier molecular flexibility index (Phi) is 5.92. The molecule has 0 bridgehead atoms. The monoisotopic (exact) mass is 241 g/mol. The van der Waals surface area contributed by atoms with Gasteiger partial charge in [-0.3, -0.25) is 9.69 Å². The zero-order valence-corrected chi connectivity index (χ0v) is 11.6. The van der Waals surface area contributed by atoms with E-state index >= 15 is 0 Å². The van der Waals surface area contributed by atoms with Crippen molar-refractivity contribution in [2.45, 2.75) is 58.7 Å². The smallest absolute Gasteiger partial charge is 0.237 e. The largest absolute Gasteiger partial charge is 0.352 e. The van der Waals surface area contributed by atoms with Crippen LogP contribution in [-0.4, -0.2) is 48.6 Å². The third kappa shape index (κ3) is 4.28. The highest BCUT2D eigenvalue weighted by Gasteiger charge is 2.25. The number of hydrogen-bond donors (Lipinski definition) is 2. The maximum atomic E-state index is 12.1. The molecule has 4 nitrogen and oxygen atoms in total. The van der Waals surface area contributed by atoms with Crippen molar-refractivity contribution in [2.24, 2.45) is 0 Å². The number of amides is 1. The second-order valence-corrected chi connectivity index (χ2v) is 5.05. The van der Waals surface area contributed by atoms with E-state index in [-0.39, 0.29) is 11.9 Å². The molecule has 1 saturated heterocycles. The Hall–Kier alpha value is -0.610. The highest BCUT2D eigenvalue weighted by atomic mass is 16.2. The second-order valence-electron chi connectivity index (χ2n) is 5.05. The van der Waals surface area contributed by atoms with Crippen LogP contribution in [0.2, 0.25) is 0 Å². The maximum absolute atomic E-state index is 12.1. The van der Waals surface area contributed by atoms with Gasteiger partial charge in [0.25, 0.3) is 0 Å².